The summed E-state index contributed by atoms with van der Waals surface area (Å²) in [4.78, 5) is 10.6. The lowest BCUT2D eigenvalue weighted by atomic mass is 10.2. The highest BCUT2D eigenvalue weighted by molar-refractivity contribution is 7.98. The molecule has 0 N–H and O–H groups in total. The average Bonchev–Trinajstić information content (AvgIpc) is 2.90. The number of pyridine rings is 2. The lowest BCUT2D eigenvalue weighted by molar-refractivity contribution is 1.13. The molecule has 2 aromatic rings. The molecule has 0 aliphatic carbocycles. The van der Waals surface area contributed by atoms with Gasteiger partial charge in [0.25, 0.3) is 0 Å². The minimum atomic E-state index is 0.618. The van der Waals surface area contributed by atoms with E-state index in [2.05, 4.69) is 29.2 Å². The molecule has 2 aliphatic rings. The molecule has 2 aliphatic heterocycles. The van der Waals surface area contributed by atoms with Gasteiger partial charge in [0, 0.05) is 36.3 Å². The molecular formula is C14H8N6S2. The van der Waals surface area contributed by atoms with E-state index in [-0.39, 0.29) is 0 Å². The summed E-state index contributed by atoms with van der Waals surface area (Å²) in [5, 5.41) is 8.45. The summed E-state index contributed by atoms with van der Waals surface area (Å²) >= 11 is 2.58. The minimum absolute atomic E-state index is 0.618. The second-order valence-corrected chi connectivity index (χ2v) is 5.95. The van der Waals surface area contributed by atoms with Gasteiger partial charge in [0.15, 0.2) is 0 Å². The van der Waals surface area contributed by atoms with Crippen LogP contribution in [0.5, 0.6) is 0 Å². The first-order valence-corrected chi connectivity index (χ1v) is 7.95. The van der Waals surface area contributed by atoms with Crippen LogP contribution in [-0.2, 0) is 0 Å². The Balaban J connectivity index is 1.82. The van der Waals surface area contributed by atoms with Crippen LogP contribution in [0.25, 0.3) is 12.2 Å². The van der Waals surface area contributed by atoms with Crippen molar-refractivity contribution in [1.82, 2.24) is 9.97 Å². The van der Waals surface area contributed by atoms with Crippen LogP contribution >= 0.6 is 23.9 Å². The van der Waals surface area contributed by atoms with E-state index >= 15 is 0 Å². The van der Waals surface area contributed by atoms with Gasteiger partial charge in [0.2, 0.25) is 0 Å². The summed E-state index contributed by atoms with van der Waals surface area (Å²) in [6.45, 7) is 0. The maximum Gasteiger partial charge on any atom is 0.116 e. The van der Waals surface area contributed by atoms with Gasteiger partial charge < -0.3 is 0 Å². The lowest BCUT2D eigenvalue weighted by Gasteiger charge is -1.99. The van der Waals surface area contributed by atoms with Gasteiger partial charge in [-0.25, -0.2) is 0 Å². The van der Waals surface area contributed by atoms with Gasteiger partial charge in [-0.2, -0.15) is 0 Å². The fraction of sp³-hybridized carbons (Fsp3) is 0. The van der Waals surface area contributed by atoms with Crippen molar-refractivity contribution in [3.05, 3.63) is 59.4 Å². The summed E-state index contributed by atoms with van der Waals surface area (Å²) in [5.41, 5.74) is 2.88. The van der Waals surface area contributed by atoms with Crippen LogP contribution in [-0.4, -0.2) is 9.97 Å². The molecule has 0 unspecified atom stereocenters. The van der Waals surface area contributed by atoms with E-state index in [1.807, 2.05) is 36.4 Å². The Labute approximate surface area is 134 Å². The van der Waals surface area contributed by atoms with Gasteiger partial charge in [-0.1, -0.05) is 0 Å². The second-order valence-electron chi connectivity index (χ2n) is 4.38. The number of hydrogen-bond donors (Lipinski definition) is 0. The molecule has 0 fully saturated rings. The van der Waals surface area contributed by atoms with E-state index in [1.54, 1.807) is 12.4 Å². The van der Waals surface area contributed by atoms with Crippen molar-refractivity contribution in [2.45, 2.75) is 9.79 Å². The monoisotopic (exact) mass is 324 g/mol. The van der Waals surface area contributed by atoms with E-state index in [0.717, 1.165) is 21.2 Å². The van der Waals surface area contributed by atoms with Crippen molar-refractivity contribution in [2.24, 2.45) is 19.3 Å². The first-order chi connectivity index (χ1) is 10.9. The van der Waals surface area contributed by atoms with E-state index < -0.39 is 0 Å². The third-order valence-corrected chi connectivity index (χ3v) is 4.39. The SMILES string of the molecule is C1=C(C2=Cc3ncccc3SN=N2)N=NSc2cccnc21. The standard InChI is InChI=1S/C14H8N6S2/c1-3-13-11(15-5-1)7-9(17-19-21-13)10-8-12-14(22-20-18-10)4-2-6-16-12/h1-8H. The molecular weight excluding hydrogens is 316 g/mol. The Morgan fingerprint density at radius 2 is 1.18 bits per heavy atom. The maximum absolute atomic E-state index is 4.35. The highest BCUT2D eigenvalue weighted by Crippen LogP contribution is 2.34. The van der Waals surface area contributed by atoms with Gasteiger partial charge in [-0.15, -0.1) is 19.3 Å². The van der Waals surface area contributed by atoms with Gasteiger partial charge in [-0.05, 0) is 36.4 Å². The van der Waals surface area contributed by atoms with E-state index in [4.69, 9.17) is 0 Å². The molecule has 0 saturated carbocycles. The highest BCUT2D eigenvalue weighted by atomic mass is 32.2. The Morgan fingerprint density at radius 3 is 1.68 bits per heavy atom. The van der Waals surface area contributed by atoms with Gasteiger partial charge >= 0.3 is 0 Å². The maximum atomic E-state index is 4.35. The number of hydrogen-bond acceptors (Lipinski definition) is 8. The van der Waals surface area contributed by atoms with Crippen LogP contribution in [0.15, 0.2) is 77.1 Å². The Hall–Kier alpha value is -2.32. The summed E-state index contributed by atoms with van der Waals surface area (Å²) in [6, 6.07) is 7.67. The molecule has 0 radical (unpaired) electrons. The smallest absolute Gasteiger partial charge is 0.116 e. The minimum Gasteiger partial charge on any atom is -0.256 e. The van der Waals surface area contributed by atoms with Crippen molar-refractivity contribution in [2.75, 3.05) is 0 Å². The molecule has 0 saturated heterocycles. The van der Waals surface area contributed by atoms with Gasteiger partial charge in [0.1, 0.15) is 11.4 Å². The predicted octanol–water partition coefficient (Wildman–Crippen LogP) is 4.80. The van der Waals surface area contributed by atoms with Crippen molar-refractivity contribution in [3.8, 4) is 0 Å². The fourth-order valence-electron chi connectivity index (χ4n) is 1.96. The molecule has 0 bridgehead atoms. The average molecular weight is 324 g/mol. The van der Waals surface area contributed by atoms with Crippen molar-refractivity contribution in [3.63, 3.8) is 0 Å². The second kappa shape index (κ2) is 5.82. The van der Waals surface area contributed by atoms with E-state index in [0.29, 0.717) is 11.4 Å². The number of nitrogens with zero attached hydrogens (tertiary/aromatic N) is 6. The van der Waals surface area contributed by atoms with Crippen LogP contribution < -0.4 is 0 Å². The molecule has 0 aromatic carbocycles. The van der Waals surface area contributed by atoms with E-state index in [1.165, 1.54) is 23.9 Å². The molecule has 8 heteroatoms. The van der Waals surface area contributed by atoms with Gasteiger partial charge in [0.05, 0.1) is 21.2 Å². The van der Waals surface area contributed by atoms with Crippen molar-refractivity contribution < 1.29 is 0 Å². The molecule has 0 amide bonds. The molecule has 0 spiro atoms. The molecule has 0 atom stereocenters. The van der Waals surface area contributed by atoms with Gasteiger partial charge in [-0.3, -0.25) is 9.97 Å². The normalized spacial score (nSPS) is 16.0. The van der Waals surface area contributed by atoms with Crippen molar-refractivity contribution >= 4 is 36.0 Å². The summed E-state index contributed by atoms with van der Waals surface area (Å²) in [5.74, 6) is 0. The van der Waals surface area contributed by atoms with Crippen LogP contribution in [0.4, 0.5) is 0 Å². The van der Waals surface area contributed by atoms with Crippen LogP contribution in [0.3, 0.4) is 0 Å². The zero-order valence-corrected chi connectivity index (χ0v) is 12.8. The first kappa shape index (κ1) is 13.4. The largest absolute Gasteiger partial charge is 0.256 e. The number of aromatic nitrogens is 2. The highest BCUT2D eigenvalue weighted by Gasteiger charge is 2.15. The fourth-order valence-corrected chi connectivity index (χ4v) is 3.08. The summed E-state index contributed by atoms with van der Waals surface area (Å²) < 4.78 is 8.24. The first-order valence-electron chi connectivity index (χ1n) is 6.40. The zero-order valence-electron chi connectivity index (χ0n) is 11.1. The molecule has 106 valence electrons. The molecule has 4 heterocycles. The van der Waals surface area contributed by atoms with Crippen molar-refractivity contribution in [1.29, 1.82) is 0 Å². The Morgan fingerprint density at radius 1 is 0.682 bits per heavy atom. The summed E-state index contributed by atoms with van der Waals surface area (Å²) in [7, 11) is 0. The number of rotatable bonds is 1. The molecule has 22 heavy (non-hydrogen) atoms. The predicted molar refractivity (Wildman–Crippen MR) is 85.9 cm³/mol. The van der Waals surface area contributed by atoms with Crippen LogP contribution in [0, 0.1) is 0 Å². The Kier molecular flexibility index (Phi) is 3.53. The molecule has 4 rings (SSSR count). The quantitative estimate of drug-likeness (QED) is 0.706. The Bertz CT molecular complexity index is 784. The molecule has 2 aromatic heterocycles. The number of fused-ring (bicyclic) bond motifs is 2. The van der Waals surface area contributed by atoms with Crippen LogP contribution in [0.1, 0.15) is 11.4 Å². The topological polar surface area (TPSA) is 75.2 Å². The zero-order chi connectivity index (χ0) is 14.8. The third-order valence-electron chi connectivity index (χ3n) is 2.98. The summed E-state index contributed by atoms with van der Waals surface area (Å²) in [6.07, 6.45) is 7.22. The lowest BCUT2D eigenvalue weighted by Crippen LogP contribution is -1.87. The van der Waals surface area contributed by atoms with E-state index in [9.17, 15) is 0 Å². The van der Waals surface area contributed by atoms with Crippen LogP contribution in [0.2, 0.25) is 0 Å². The molecule has 6 nitrogen and oxygen atoms in total. The third kappa shape index (κ3) is 2.58.